The molecule has 0 saturated heterocycles. The maximum Gasteiger partial charge on any atom is 0.268 e. The molecule has 3 N–H and O–H groups in total. The second-order valence-electron chi connectivity index (χ2n) is 4.03. The first-order valence-corrected chi connectivity index (χ1v) is 6.15. The van der Waals surface area contributed by atoms with Crippen LogP contribution in [0, 0.1) is 5.82 Å². The van der Waals surface area contributed by atoms with Crippen LogP contribution in [-0.4, -0.2) is 5.91 Å². The molecule has 1 amide bonds. The molecule has 0 aliphatic rings. The molecule has 20 heavy (non-hydrogen) atoms. The zero-order valence-electron chi connectivity index (χ0n) is 10.4. The Kier molecular flexibility index (Phi) is 4.55. The minimum atomic E-state index is -0.499. The average molecular weight is 295 g/mol. The summed E-state index contributed by atoms with van der Waals surface area (Å²) in [4.78, 5) is 11.6. The molecule has 0 aromatic heterocycles. The highest BCUT2D eigenvalue weighted by Crippen LogP contribution is 2.23. The van der Waals surface area contributed by atoms with E-state index in [1.165, 1.54) is 18.2 Å². The number of rotatable bonds is 4. The zero-order chi connectivity index (χ0) is 14.5. The summed E-state index contributed by atoms with van der Waals surface area (Å²) in [5, 5.41) is 0.401. The van der Waals surface area contributed by atoms with Crippen molar-refractivity contribution in [1.29, 1.82) is 0 Å². The first kappa shape index (κ1) is 14.3. The number of ether oxygens (including phenoxy) is 1. The molecule has 6 heteroatoms. The first-order valence-electron chi connectivity index (χ1n) is 5.78. The molecule has 2 aromatic rings. The monoisotopic (exact) mass is 294 g/mol. The van der Waals surface area contributed by atoms with Gasteiger partial charge in [-0.1, -0.05) is 23.7 Å². The number of nitrogens with two attached hydrogens (primary N) is 1. The summed E-state index contributed by atoms with van der Waals surface area (Å²) >= 11 is 5.83. The van der Waals surface area contributed by atoms with E-state index in [4.69, 9.17) is 22.2 Å². The number of amides is 1. The Morgan fingerprint density at radius 2 is 1.95 bits per heavy atom. The van der Waals surface area contributed by atoms with Crippen molar-refractivity contribution in [2.45, 2.75) is 6.61 Å². The van der Waals surface area contributed by atoms with Gasteiger partial charge in [0.15, 0.2) is 0 Å². The van der Waals surface area contributed by atoms with Crippen molar-refractivity contribution in [3.63, 3.8) is 0 Å². The van der Waals surface area contributed by atoms with Gasteiger partial charge < -0.3 is 4.74 Å². The largest absolute Gasteiger partial charge is 0.488 e. The number of halogens is 2. The van der Waals surface area contributed by atoms with Crippen molar-refractivity contribution in [2.75, 3.05) is 0 Å². The van der Waals surface area contributed by atoms with Crippen molar-refractivity contribution >= 4 is 17.5 Å². The molecular weight excluding hydrogens is 283 g/mol. The molecular formula is C14H12ClFN2O2. The molecule has 2 aromatic carbocycles. The third kappa shape index (κ3) is 3.46. The average Bonchev–Trinajstić information content (AvgIpc) is 2.46. The van der Waals surface area contributed by atoms with E-state index in [1.807, 2.05) is 5.43 Å². The summed E-state index contributed by atoms with van der Waals surface area (Å²) in [5.41, 5.74) is 3.04. The number of carbonyl (C=O) groups excluding carboxylic acids is 1. The maximum atomic E-state index is 12.8. The van der Waals surface area contributed by atoms with Crippen molar-refractivity contribution in [1.82, 2.24) is 5.43 Å². The van der Waals surface area contributed by atoms with E-state index in [-0.39, 0.29) is 18.0 Å². The molecule has 0 saturated carbocycles. The minimum Gasteiger partial charge on any atom is -0.488 e. The lowest BCUT2D eigenvalue weighted by Crippen LogP contribution is -2.30. The Morgan fingerprint density at radius 3 is 2.60 bits per heavy atom. The lowest BCUT2D eigenvalue weighted by Gasteiger charge is -2.11. The molecule has 0 heterocycles. The first-order chi connectivity index (χ1) is 9.60. The number of hydrogen-bond donors (Lipinski definition) is 2. The van der Waals surface area contributed by atoms with Gasteiger partial charge in [-0.3, -0.25) is 10.2 Å². The Labute approximate surface area is 120 Å². The molecule has 2 rings (SSSR count). The molecule has 0 spiro atoms. The van der Waals surface area contributed by atoms with Crippen LogP contribution in [0.25, 0.3) is 0 Å². The normalized spacial score (nSPS) is 10.2. The Morgan fingerprint density at radius 1 is 1.25 bits per heavy atom. The maximum absolute atomic E-state index is 12.8. The van der Waals surface area contributed by atoms with Crippen molar-refractivity contribution in [3.8, 4) is 5.75 Å². The van der Waals surface area contributed by atoms with Crippen LogP contribution in [0.1, 0.15) is 15.9 Å². The van der Waals surface area contributed by atoms with Crippen LogP contribution in [0.15, 0.2) is 42.5 Å². The number of nitrogen functional groups attached to an aromatic ring is 1. The van der Waals surface area contributed by atoms with Crippen LogP contribution in [-0.2, 0) is 6.61 Å². The number of nitrogens with one attached hydrogen (secondary N) is 1. The molecule has 0 atom stereocenters. The molecule has 0 radical (unpaired) electrons. The van der Waals surface area contributed by atoms with Crippen LogP contribution in [0.4, 0.5) is 4.39 Å². The second kappa shape index (κ2) is 6.36. The van der Waals surface area contributed by atoms with E-state index in [2.05, 4.69) is 0 Å². The van der Waals surface area contributed by atoms with E-state index in [9.17, 15) is 9.18 Å². The van der Waals surface area contributed by atoms with E-state index < -0.39 is 5.91 Å². The van der Waals surface area contributed by atoms with E-state index >= 15 is 0 Å². The summed E-state index contributed by atoms with van der Waals surface area (Å²) in [6, 6.07) is 10.5. The molecule has 104 valence electrons. The molecule has 4 nitrogen and oxygen atoms in total. The number of hydrogen-bond acceptors (Lipinski definition) is 3. The predicted octanol–water partition coefficient (Wildman–Crippen LogP) is 2.66. The van der Waals surface area contributed by atoms with Crippen LogP contribution in [0.3, 0.4) is 0 Å². The van der Waals surface area contributed by atoms with Crippen LogP contribution < -0.4 is 16.0 Å². The summed E-state index contributed by atoms with van der Waals surface area (Å²) in [6.07, 6.45) is 0. The Bertz CT molecular complexity index is 617. The summed E-state index contributed by atoms with van der Waals surface area (Å²) < 4.78 is 18.3. The predicted molar refractivity (Wildman–Crippen MR) is 73.8 cm³/mol. The van der Waals surface area contributed by atoms with Crippen LogP contribution in [0.5, 0.6) is 5.75 Å². The van der Waals surface area contributed by atoms with E-state index in [0.717, 1.165) is 5.56 Å². The van der Waals surface area contributed by atoms with Crippen molar-refractivity contribution in [3.05, 3.63) is 64.4 Å². The third-order valence-corrected chi connectivity index (χ3v) is 2.86. The Hall–Kier alpha value is -2.11. The fraction of sp³-hybridized carbons (Fsp3) is 0.0714. The van der Waals surface area contributed by atoms with Gasteiger partial charge in [-0.15, -0.1) is 0 Å². The highest BCUT2D eigenvalue weighted by Gasteiger charge is 2.12. The number of carbonyl (C=O) groups is 1. The summed E-state index contributed by atoms with van der Waals surface area (Å²) in [7, 11) is 0. The number of hydrazine groups is 1. The van der Waals surface area contributed by atoms with Gasteiger partial charge in [0, 0.05) is 5.02 Å². The third-order valence-electron chi connectivity index (χ3n) is 2.62. The van der Waals surface area contributed by atoms with Gasteiger partial charge in [-0.05, 0) is 35.9 Å². The van der Waals surface area contributed by atoms with Gasteiger partial charge in [0.05, 0.1) is 5.56 Å². The van der Waals surface area contributed by atoms with Gasteiger partial charge >= 0.3 is 0 Å². The fourth-order valence-corrected chi connectivity index (χ4v) is 1.80. The molecule has 0 aliphatic heterocycles. The zero-order valence-corrected chi connectivity index (χ0v) is 11.2. The van der Waals surface area contributed by atoms with Crippen molar-refractivity contribution < 1.29 is 13.9 Å². The molecule has 0 bridgehead atoms. The standard InChI is InChI=1S/C14H12ClFN2O2/c15-10-3-6-13(12(7-10)14(19)18-17)20-8-9-1-4-11(16)5-2-9/h1-7H,8,17H2,(H,18,19). The lowest BCUT2D eigenvalue weighted by atomic mass is 10.2. The SMILES string of the molecule is NNC(=O)c1cc(Cl)ccc1OCc1ccc(F)cc1. The van der Waals surface area contributed by atoms with Gasteiger partial charge in [0.2, 0.25) is 0 Å². The summed E-state index contributed by atoms with van der Waals surface area (Å²) in [5.74, 6) is 4.64. The number of benzene rings is 2. The topological polar surface area (TPSA) is 64.3 Å². The van der Waals surface area contributed by atoms with E-state index in [1.54, 1.807) is 24.3 Å². The second-order valence-corrected chi connectivity index (χ2v) is 4.47. The van der Waals surface area contributed by atoms with Crippen molar-refractivity contribution in [2.24, 2.45) is 5.84 Å². The van der Waals surface area contributed by atoms with Gasteiger partial charge in [-0.2, -0.15) is 0 Å². The highest BCUT2D eigenvalue weighted by atomic mass is 35.5. The summed E-state index contributed by atoms with van der Waals surface area (Å²) in [6.45, 7) is 0.201. The lowest BCUT2D eigenvalue weighted by molar-refractivity contribution is 0.0949. The van der Waals surface area contributed by atoms with Gasteiger partial charge in [0.25, 0.3) is 5.91 Å². The minimum absolute atomic E-state index is 0.201. The van der Waals surface area contributed by atoms with E-state index in [0.29, 0.717) is 10.8 Å². The quantitative estimate of drug-likeness (QED) is 0.518. The molecule has 0 fully saturated rings. The fourth-order valence-electron chi connectivity index (χ4n) is 1.62. The van der Waals surface area contributed by atoms with Crippen LogP contribution >= 0.6 is 11.6 Å². The Balaban J connectivity index is 2.16. The smallest absolute Gasteiger partial charge is 0.268 e. The van der Waals surface area contributed by atoms with Gasteiger partial charge in [0.1, 0.15) is 18.2 Å². The van der Waals surface area contributed by atoms with Crippen LogP contribution in [0.2, 0.25) is 5.02 Å². The molecule has 0 unspecified atom stereocenters. The molecule has 0 aliphatic carbocycles. The highest BCUT2D eigenvalue weighted by molar-refractivity contribution is 6.31. The van der Waals surface area contributed by atoms with Gasteiger partial charge in [-0.25, -0.2) is 10.2 Å².